The number of hydrogen-bond acceptors (Lipinski definition) is 2. The summed E-state index contributed by atoms with van der Waals surface area (Å²) in [6.07, 6.45) is 10.6. The van der Waals surface area contributed by atoms with E-state index >= 15 is 0 Å². The lowest BCUT2D eigenvalue weighted by Crippen LogP contribution is -2.34. The fourth-order valence-corrected chi connectivity index (χ4v) is 2.54. The molecule has 0 radical (unpaired) electrons. The van der Waals surface area contributed by atoms with Gasteiger partial charge in [0.15, 0.2) is 0 Å². The minimum absolute atomic E-state index is 0.722. The summed E-state index contributed by atoms with van der Waals surface area (Å²) in [5, 5.41) is 3.58. The molecule has 1 saturated heterocycles. The van der Waals surface area contributed by atoms with Gasteiger partial charge in [-0.15, -0.1) is 0 Å². The van der Waals surface area contributed by atoms with E-state index in [1.807, 2.05) is 0 Å². The highest BCUT2D eigenvalue weighted by Crippen LogP contribution is 2.14. The van der Waals surface area contributed by atoms with Gasteiger partial charge in [0.05, 0.1) is 0 Å². The molecular formula is C15H31NO. The molecule has 2 unspecified atom stereocenters. The van der Waals surface area contributed by atoms with Crippen LogP contribution in [-0.2, 0) is 4.74 Å². The number of nitrogens with one attached hydrogen (secondary N) is 1. The molecule has 17 heavy (non-hydrogen) atoms. The second-order valence-electron chi connectivity index (χ2n) is 5.43. The molecule has 2 atom stereocenters. The van der Waals surface area contributed by atoms with Crippen LogP contribution >= 0.6 is 0 Å². The summed E-state index contributed by atoms with van der Waals surface area (Å²) in [5.74, 6) is 0.786. The van der Waals surface area contributed by atoms with Crippen LogP contribution in [0.25, 0.3) is 0 Å². The van der Waals surface area contributed by atoms with Gasteiger partial charge in [0.1, 0.15) is 0 Å². The zero-order valence-electron chi connectivity index (χ0n) is 11.8. The molecule has 0 aromatic carbocycles. The topological polar surface area (TPSA) is 21.3 Å². The molecule has 0 spiro atoms. The molecule has 2 heteroatoms. The summed E-state index contributed by atoms with van der Waals surface area (Å²) in [7, 11) is 0. The van der Waals surface area contributed by atoms with Gasteiger partial charge in [-0.3, -0.25) is 0 Å². The van der Waals surface area contributed by atoms with E-state index in [0.29, 0.717) is 0 Å². The van der Waals surface area contributed by atoms with Crippen LogP contribution in [0.5, 0.6) is 0 Å². The smallest absolute Gasteiger partial charge is 0.0494 e. The first-order valence-electron chi connectivity index (χ1n) is 7.68. The lowest BCUT2D eigenvalue weighted by Gasteiger charge is -2.23. The van der Waals surface area contributed by atoms with E-state index in [1.54, 1.807) is 0 Å². The summed E-state index contributed by atoms with van der Waals surface area (Å²) < 4.78 is 5.85. The molecule has 102 valence electrons. The van der Waals surface area contributed by atoms with Crippen LogP contribution in [-0.4, -0.2) is 25.8 Å². The summed E-state index contributed by atoms with van der Waals surface area (Å²) in [6.45, 7) is 7.68. The zero-order chi connectivity index (χ0) is 12.3. The second-order valence-corrected chi connectivity index (χ2v) is 5.43. The van der Waals surface area contributed by atoms with Crippen molar-refractivity contribution in [1.82, 2.24) is 5.32 Å². The molecule has 0 bridgehead atoms. The molecule has 0 aromatic rings. The molecular weight excluding hydrogens is 210 g/mol. The monoisotopic (exact) mass is 241 g/mol. The molecule has 1 N–H and O–H groups in total. The van der Waals surface area contributed by atoms with Gasteiger partial charge in [0.25, 0.3) is 0 Å². The quantitative estimate of drug-likeness (QED) is 0.621. The maximum absolute atomic E-state index is 5.85. The van der Waals surface area contributed by atoms with Gasteiger partial charge in [-0.1, -0.05) is 39.5 Å². The van der Waals surface area contributed by atoms with Crippen LogP contribution in [0.1, 0.15) is 65.2 Å². The molecule has 1 aliphatic rings. The summed E-state index contributed by atoms with van der Waals surface area (Å²) in [6, 6.07) is 0.722. The summed E-state index contributed by atoms with van der Waals surface area (Å²) in [5.41, 5.74) is 0. The average Bonchev–Trinajstić information content (AvgIpc) is 2.39. The Morgan fingerprint density at radius 2 is 2.18 bits per heavy atom. The standard InChI is InChI=1S/C15H31NO/c1-3-5-8-14(4-2)13-17-12-10-15-9-6-7-11-16-15/h14-16H,3-13H2,1-2H3. The van der Waals surface area contributed by atoms with E-state index < -0.39 is 0 Å². The molecule has 0 amide bonds. The molecule has 0 aromatic heterocycles. The molecule has 1 heterocycles. The molecule has 1 rings (SSSR count). The Morgan fingerprint density at radius 1 is 1.29 bits per heavy atom. The Labute approximate surface area is 108 Å². The number of piperidine rings is 1. The van der Waals surface area contributed by atoms with Gasteiger partial charge in [-0.05, 0) is 38.1 Å². The van der Waals surface area contributed by atoms with Gasteiger partial charge < -0.3 is 10.1 Å². The maximum atomic E-state index is 5.85. The van der Waals surface area contributed by atoms with Crippen LogP contribution in [0.4, 0.5) is 0 Å². The molecule has 1 fully saturated rings. The van der Waals surface area contributed by atoms with Crippen molar-refractivity contribution in [2.75, 3.05) is 19.8 Å². The van der Waals surface area contributed by atoms with Crippen molar-refractivity contribution in [3.63, 3.8) is 0 Å². The predicted molar refractivity (Wildman–Crippen MR) is 74.4 cm³/mol. The van der Waals surface area contributed by atoms with E-state index in [0.717, 1.165) is 25.2 Å². The van der Waals surface area contributed by atoms with Crippen molar-refractivity contribution in [3.05, 3.63) is 0 Å². The Balaban J connectivity index is 1.97. The lowest BCUT2D eigenvalue weighted by atomic mass is 10.0. The highest BCUT2D eigenvalue weighted by atomic mass is 16.5. The van der Waals surface area contributed by atoms with E-state index in [-0.39, 0.29) is 0 Å². The van der Waals surface area contributed by atoms with Gasteiger partial charge in [0, 0.05) is 19.3 Å². The first kappa shape index (κ1) is 15.0. The number of unbranched alkanes of at least 4 members (excludes halogenated alkanes) is 1. The minimum Gasteiger partial charge on any atom is -0.381 e. The largest absolute Gasteiger partial charge is 0.381 e. The number of ether oxygens (including phenoxy) is 1. The van der Waals surface area contributed by atoms with Gasteiger partial charge in [-0.2, -0.15) is 0 Å². The Kier molecular flexibility index (Phi) is 8.72. The maximum Gasteiger partial charge on any atom is 0.0494 e. The highest BCUT2D eigenvalue weighted by molar-refractivity contribution is 4.71. The Bertz CT molecular complexity index is 166. The molecule has 0 aliphatic carbocycles. The minimum atomic E-state index is 0.722. The van der Waals surface area contributed by atoms with Crippen LogP contribution < -0.4 is 5.32 Å². The van der Waals surface area contributed by atoms with Crippen LogP contribution in [0, 0.1) is 5.92 Å². The van der Waals surface area contributed by atoms with E-state index in [2.05, 4.69) is 19.2 Å². The van der Waals surface area contributed by atoms with Crippen molar-refractivity contribution in [3.8, 4) is 0 Å². The van der Waals surface area contributed by atoms with Crippen molar-refractivity contribution < 1.29 is 4.74 Å². The fraction of sp³-hybridized carbons (Fsp3) is 1.00. The first-order valence-corrected chi connectivity index (χ1v) is 7.68. The van der Waals surface area contributed by atoms with Crippen LogP contribution in [0.15, 0.2) is 0 Å². The van der Waals surface area contributed by atoms with Crippen molar-refractivity contribution in [1.29, 1.82) is 0 Å². The third-order valence-electron chi connectivity index (χ3n) is 3.92. The fourth-order valence-electron chi connectivity index (χ4n) is 2.54. The molecule has 0 saturated carbocycles. The zero-order valence-corrected chi connectivity index (χ0v) is 11.8. The van der Waals surface area contributed by atoms with E-state index in [1.165, 1.54) is 57.9 Å². The third kappa shape index (κ3) is 7.05. The lowest BCUT2D eigenvalue weighted by molar-refractivity contribution is 0.0847. The Hall–Kier alpha value is -0.0800. The SMILES string of the molecule is CCCCC(CC)COCCC1CCCCN1. The van der Waals surface area contributed by atoms with E-state index in [9.17, 15) is 0 Å². The van der Waals surface area contributed by atoms with Gasteiger partial charge >= 0.3 is 0 Å². The van der Waals surface area contributed by atoms with Gasteiger partial charge in [-0.25, -0.2) is 0 Å². The predicted octanol–water partition coefficient (Wildman–Crippen LogP) is 3.75. The average molecular weight is 241 g/mol. The first-order chi connectivity index (χ1) is 8.36. The van der Waals surface area contributed by atoms with Gasteiger partial charge in [0.2, 0.25) is 0 Å². The number of rotatable bonds is 9. The molecule has 1 aliphatic heterocycles. The highest BCUT2D eigenvalue weighted by Gasteiger charge is 2.12. The second kappa shape index (κ2) is 9.90. The normalized spacial score (nSPS) is 22.6. The van der Waals surface area contributed by atoms with Crippen molar-refractivity contribution in [2.24, 2.45) is 5.92 Å². The van der Waals surface area contributed by atoms with Crippen molar-refractivity contribution >= 4 is 0 Å². The summed E-state index contributed by atoms with van der Waals surface area (Å²) >= 11 is 0. The summed E-state index contributed by atoms with van der Waals surface area (Å²) in [4.78, 5) is 0. The number of hydrogen-bond donors (Lipinski definition) is 1. The third-order valence-corrected chi connectivity index (χ3v) is 3.92. The van der Waals surface area contributed by atoms with Crippen LogP contribution in [0.3, 0.4) is 0 Å². The van der Waals surface area contributed by atoms with E-state index in [4.69, 9.17) is 4.74 Å². The Morgan fingerprint density at radius 3 is 2.82 bits per heavy atom. The van der Waals surface area contributed by atoms with Crippen LogP contribution in [0.2, 0.25) is 0 Å². The molecule has 2 nitrogen and oxygen atoms in total. The van der Waals surface area contributed by atoms with Crippen molar-refractivity contribution in [2.45, 2.75) is 71.3 Å².